The van der Waals surface area contributed by atoms with E-state index in [1.54, 1.807) is 6.07 Å². The van der Waals surface area contributed by atoms with Crippen LogP contribution in [0.3, 0.4) is 0 Å². The van der Waals surface area contributed by atoms with Gasteiger partial charge >= 0.3 is 0 Å². The molecule has 0 radical (unpaired) electrons. The predicted molar refractivity (Wildman–Crippen MR) is 88.3 cm³/mol. The van der Waals surface area contributed by atoms with Crippen molar-refractivity contribution >= 4 is 10.0 Å². The molecule has 0 aromatic heterocycles. The van der Waals surface area contributed by atoms with E-state index in [0.29, 0.717) is 19.0 Å². The van der Waals surface area contributed by atoms with Gasteiger partial charge < -0.3 is 4.74 Å². The van der Waals surface area contributed by atoms with Gasteiger partial charge in [0.05, 0.1) is 13.4 Å². The van der Waals surface area contributed by atoms with E-state index in [2.05, 4.69) is 23.5 Å². The molecule has 0 aliphatic carbocycles. The Kier molecular flexibility index (Phi) is 5.65. The quantitative estimate of drug-likeness (QED) is 0.855. The largest absolute Gasteiger partial charge is 0.494 e. The number of halogens is 1. The van der Waals surface area contributed by atoms with Crippen molar-refractivity contribution in [1.82, 2.24) is 9.62 Å². The van der Waals surface area contributed by atoms with Crippen LogP contribution in [-0.4, -0.2) is 45.8 Å². The summed E-state index contributed by atoms with van der Waals surface area (Å²) in [4.78, 5) is 2.16. The summed E-state index contributed by atoms with van der Waals surface area (Å²) < 4.78 is 44.5. The Bertz CT molecular complexity index is 649. The van der Waals surface area contributed by atoms with Gasteiger partial charge in [-0.1, -0.05) is 19.9 Å². The van der Waals surface area contributed by atoms with E-state index < -0.39 is 10.0 Å². The molecule has 0 bridgehead atoms. The maximum atomic E-state index is 13.8. The van der Waals surface area contributed by atoms with E-state index in [0.717, 1.165) is 12.1 Å². The van der Waals surface area contributed by atoms with Gasteiger partial charge in [0.15, 0.2) is 11.6 Å². The summed E-state index contributed by atoms with van der Waals surface area (Å²) in [6.07, 6.45) is 1.19. The first-order valence-electron chi connectivity index (χ1n) is 7.71. The lowest BCUT2D eigenvalue weighted by Crippen LogP contribution is -2.41. The Hall–Kier alpha value is -1.18. The summed E-state index contributed by atoms with van der Waals surface area (Å²) in [5.74, 6) is 0.460. The Morgan fingerprint density at radius 3 is 2.61 bits per heavy atom. The molecular formula is C16H25FN2O3S. The van der Waals surface area contributed by atoms with Gasteiger partial charge in [0, 0.05) is 25.7 Å². The summed E-state index contributed by atoms with van der Waals surface area (Å²) in [6.45, 7) is 6.20. The maximum Gasteiger partial charge on any atom is 0.209 e. The summed E-state index contributed by atoms with van der Waals surface area (Å²) in [5.41, 5.74) is 0.853. The molecule has 130 valence electrons. The lowest BCUT2D eigenvalue weighted by atomic mass is 9.92. The van der Waals surface area contributed by atoms with Crippen LogP contribution in [0.2, 0.25) is 0 Å². The number of benzene rings is 1. The van der Waals surface area contributed by atoms with E-state index in [9.17, 15) is 12.8 Å². The van der Waals surface area contributed by atoms with E-state index in [1.165, 1.54) is 19.4 Å². The normalized spacial score (nSPS) is 22.7. The molecule has 5 nitrogen and oxygen atoms in total. The van der Waals surface area contributed by atoms with Crippen LogP contribution in [0.25, 0.3) is 0 Å². The third kappa shape index (κ3) is 4.89. The average Bonchev–Trinajstić information content (AvgIpc) is 2.79. The summed E-state index contributed by atoms with van der Waals surface area (Å²) in [7, 11) is -1.80. The first-order valence-corrected chi connectivity index (χ1v) is 9.61. The van der Waals surface area contributed by atoms with Gasteiger partial charge in [0.1, 0.15) is 0 Å². The highest BCUT2D eigenvalue weighted by molar-refractivity contribution is 7.88. The van der Waals surface area contributed by atoms with Crippen molar-refractivity contribution in [2.75, 3.05) is 26.5 Å². The maximum absolute atomic E-state index is 13.8. The van der Waals surface area contributed by atoms with Gasteiger partial charge in [-0.05, 0) is 29.5 Å². The zero-order chi connectivity index (χ0) is 17.2. The van der Waals surface area contributed by atoms with Crippen LogP contribution in [0.5, 0.6) is 5.75 Å². The number of likely N-dealkylation sites (tertiary alicyclic amines) is 1. The van der Waals surface area contributed by atoms with Gasteiger partial charge in [0.2, 0.25) is 10.0 Å². The second-order valence-electron chi connectivity index (χ2n) is 6.57. The van der Waals surface area contributed by atoms with Gasteiger partial charge in [-0.25, -0.2) is 17.5 Å². The van der Waals surface area contributed by atoms with E-state index in [4.69, 9.17) is 4.74 Å². The van der Waals surface area contributed by atoms with Crippen molar-refractivity contribution in [3.63, 3.8) is 0 Å². The third-order valence-corrected chi connectivity index (χ3v) is 5.02. The molecule has 1 fully saturated rings. The average molecular weight is 344 g/mol. The number of methoxy groups -OCH3 is 1. The minimum atomic E-state index is -3.24. The summed E-state index contributed by atoms with van der Waals surface area (Å²) in [5, 5.41) is 0. The van der Waals surface area contributed by atoms with Crippen molar-refractivity contribution in [1.29, 1.82) is 0 Å². The van der Waals surface area contributed by atoms with Gasteiger partial charge in [-0.15, -0.1) is 0 Å². The van der Waals surface area contributed by atoms with E-state index in [1.807, 2.05) is 6.07 Å². The van der Waals surface area contributed by atoms with Crippen LogP contribution in [0, 0.1) is 17.7 Å². The Balaban J connectivity index is 2.08. The number of hydrogen-bond acceptors (Lipinski definition) is 4. The molecule has 1 aromatic rings. The van der Waals surface area contributed by atoms with E-state index >= 15 is 0 Å². The number of sulfonamides is 1. The summed E-state index contributed by atoms with van der Waals surface area (Å²) in [6, 6.07) is 4.82. The minimum Gasteiger partial charge on any atom is -0.494 e. The van der Waals surface area contributed by atoms with Crippen LogP contribution in [0.1, 0.15) is 19.4 Å². The van der Waals surface area contributed by atoms with Crippen LogP contribution < -0.4 is 9.46 Å². The third-order valence-electron chi connectivity index (χ3n) is 4.28. The molecule has 0 spiro atoms. The van der Waals surface area contributed by atoms with E-state index in [-0.39, 0.29) is 23.5 Å². The molecule has 1 heterocycles. The van der Waals surface area contributed by atoms with Crippen LogP contribution in [0.15, 0.2) is 18.2 Å². The molecule has 23 heavy (non-hydrogen) atoms. The zero-order valence-corrected chi connectivity index (χ0v) is 14.9. The molecule has 1 aromatic carbocycles. The molecule has 7 heteroatoms. The lowest BCUT2D eigenvalue weighted by Gasteiger charge is -2.21. The number of nitrogens with one attached hydrogen (secondary N) is 1. The highest BCUT2D eigenvalue weighted by atomic mass is 32.2. The number of rotatable bonds is 6. The lowest BCUT2D eigenvalue weighted by molar-refractivity contribution is 0.295. The van der Waals surface area contributed by atoms with Crippen molar-refractivity contribution in [2.45, 2.75) is 26.4 Å². The van der Waals surface area contributed by atoms with Crippen LogP contribution in [0.4, 0.5) is 4.39 Å². The van der Waals surface area contributed by atoms with Crippen molar-refractivity contribution < 1.29 is 17.5 Å². The molecule has 1 saturated heterocycles. The zero-order valence-electron chi connectivity index (χ0n) is 14.0. The highest BCUT2D eigenvalue weighted by Gasteiger charge is 2.36. The molecule has 1 N–H and O–H groups in total. The fourth-order valence-electron chi connectivity index (χ4n) is 3.18. The monoisotopic (exact) mass is 344 g/mol. The van der Waals surface area contributed by atoms with Crippen molar-refractivity contribution in [3.05, 3.63) is 29.6 Å². The van der Waals surface area contributed by atoms with Crippen LogP contribution >= 0.6 is 0 Å². The fraction of sp³-hybridized carbons (Fsp3) is 0.625. The first kappa shape index (κ1) is 18.2. The molecule has 0 amide bonds. The van der Waals surface area contributed by atoms with Crippen molar-refractivity contribution in [3.8, 4) is 5.75 Å². The van der Waals surface area contributed by atoms with Gasteiger partial charge in [-0.3, -0.25) is 4.90 Å². The highest BCUT2D eigenvalue weighted by Crippen LogP contribution is 2.27. The number of ether oxygens (including phenoxy) is 1. The van der Waals surface area contributed by atoms with Gasteiger partial charge in [0.25, 0.3) is 0 Å². The van der Waals surface area contributed by atoms with Crippen LogP contribution in [-0.2, 0) is 16.6 Å². The number of nitrogens with zero attached hydrogens (tertiary/aromatic N) is 1. The Labute approximate surface area is 137 Å². The predicted octanol–water partition coefficient (Wildman–Crippen LogP) is 1.84. The smallest absolute Gasteiger partial charge is 0.209 e. The molecule has 0 saturated carbocycles. The van der Waals surface area contributed by atoms with Gasteiger partial charge in [-0.2, -0.15) is 0 Å². The first-order chi connectivity index (χ1) is 10.7. The SMILES string of the molecule is COc1ccc(CN2C[C@@H](NS(C)(=O)=O)[C@H](C(C)C)C2)cc1F. The molecule has 0 unspecified atom stereocenters. The van der Waals surface area contributed by atoms with Crippen molar-refractivity contribution in [2.24, 2.45) is 11.8 Å². The Morgan fingerprint density at radius 1 is 1.39 bits per heavy atom. The standard InChI is InChI=1S/C16H25FN2O3S/c1-11(2)13-9-19(10-15(13)18-23(4,20)21)8-12-5-6-16(22-3)14(17)7-12/h5-7,11,13,15,18H,8-10H2,1-4H3/t13-,15+/m0/s1. The molecule has 1 aliphatic rings. The topological polar surface area (TPSA) is 58.6 Å². The second-order valence-corrected chi connectivity index (χ2v) is 8.35. The Morgan fingerprint density at radius 2 is 2.09 bits per heavy atom. The molecule has 2 rings (SSSR count). The summed E-state index contributed by atoms with van der Waals surface area (Å²) >= 11 is 0. The minimum absolute atomic E-state index is 0.104. The molecule has 1 aliphatic heterocycles. The number of hydrogen-bond donors (Lipinski definition) is 1. The second kappa shape index (κ2) is 7.15. The molecule has 2 atom stereocenters. The fourth-order valence-corrected chi connectivity index (χ4v) is 3.98. The molecular weight excluding hydrogens is 319 g/mol.